The third-order valence-electron chi connectivity index (χ3n) is 2.73. The zero-order chi connectivity index (χ0) is 15.8. The molecule has 0 heterocycles. The fourth-order valence-corrected chi connectivity index (χ4v) is 2.33. The lowest BCUT2D eigenvalue weighted by Crippen LogP contribution is -2.46. The van der Waals surface area contributed by atoms with Crippen molar-refractivity contribution in [2.75, 3.05) is 39.5 Å². The van der Waals surface area contributed by atoms with Gasteiger partial charge in [0, 0.05) is 12.5 Å². The maximum atomic E-state index is 10.8. The summed E-state index contributed by atoms with van der Waals surface area (Å²) < 4.78 is 35.1. The molecule has 8 heteroatoms. The van der Waals surface area contributed by atoms with Crippen molar-refractivity contribution in [1.82, 2.24) is 0 Å². The highest BCUT2D eigenvalue weighted by atomic mass is 32.2. The van der Waals surface area contributed by atoms with Crippen LogP contribution in [0.1, 0.15) is 12.8 Å². The van der Waals surface area contributed by atoms with E-state index in [4.69, 9.17) is 9.29 Å². The monoisotopic (exact) mass is 310 g/mol. The SMILES string of the molecule is C=CC(=O)OCCC[N+](C)(C)CC(O)CCS(=O)(=O)O. The van der Waals surface area contributed by atoms with Gasteiger partial charge in [-0.2, -0.15) is 8.42 Å². The lowest BCUT2D eigenvalue weighted by molar-refractivity contribution is -0.893. The summed E-state index contributed by atoms with van der Waals surface area (Å²) in [5, 5.41) is 9.74. The number of esters is 1. The van der Waals surface area contributed by atoms with Crippen molar-refractivity contribution in [2.24, 2.45) is 0 Å². The molecule has 0 bridgehead atoms. The molecule has 1 atom stereocenters. The summed E-state index contributed by atoms with van der Waals surface area (Å²) in [6, 6.07) is 0. The maximum absolute atomic E-state index is 10.8. The Kier molecular flexibility index (Phi) is 7.95. The second kappa shape index (κ2) is 8.35. The number of carbonyl (C=O) groups excluding carboxylic acids is 1. The molecule has 7 nitrogen and oxygen atoms in total. The van der Waals surface area contributed by atoms with Gasteiger partial charge in [-0.05, 0) is 6.42 Å². The van der Waals surface area contributed by atoms with E-state index >= 15 is 0 Å². The van der Waals surface area contributed by atoms with Crippen LogP contribution in [0.5, 0.6) is 0 Å². The van der Waals surface area contributed by atoms with Crippen LogP contribution in [0.2, 0.25) is 0 Å². The lowest BCUT2D eigenvalue weighted by Gasteiger charge is -2.31. The normalized spacial score (nSPS) is 13.8. The van der Waals surface area contributed by atoms with Crippen LogP contribution in [0.3, 0.4) is 0 Å². The smallest absolute Gasteiger partial charge is 0.330 e. The van der Waals surface area contributed by atoms with Gasteiger partial charge in [-0.25, -0.2) is 4.79 Å². The molecule has 0 saturated carbocycles. The van der Waals surface area contributed by atoms with Gasteiger partial charge in [-0.15, -0.1) is 0 Å². The molecule has 0 fully saturated rings. The van der Waals surface area contributed by atoms with Gasteiger partial charge < -0.3 is 14.3 Å². The Morgan fingerprint density at radius 1 is 1.45 bits per heavy atom. The predicted molar refractivity (Wildman–Crippen MR) is 74.7 cm³/mol. The zero-order valence-corrected chi connectivity index (χ0v) is 12.8. The minimum atomic E-state index is -4.04. The topological polar surface area (TPSA) is 101 Å². The van der Waals surface area contributed by atoms with Gasteiger partial charge in [0.1, 0.15) is 12.6 Å². The van der Waals surface area contributed by atoms with Crippen LogP contribution in [0, 0.1) is 0 Å². The number of aliphatic hydroxyl groups excluding tert-OH is 1. The number of hydrogen-bond acceptors (Lipinski definition) is 5. The van der Waals surface area contributed by atoms with Crippen molar-refractivity contribution in [3.8, 4) is 0 Å². The van der Waals surface area contributed by atoms with Crippen LogP contribution in [0.25, 0.3) is 0 Å². The number of carbonyl (C=O) groups is 1. The Morgan fingerprint density at radius 2 is 2.05 bits per heavy atom. The number of aliphatic hydroxyl groups is 1. The molecule has 0 aromatic rings. The van der Waals surface area contributed by atoms with Crippen molar-refractivity contribution in [1.29, 1.82) is 0 Å². The Balaban J connectivity index is 3.98. The first-order valence-corrected chi connectivity index (χ1v) is 7.91. The number of nitrogens with zero attached hydrogens (tertiary/aromatic N) is 1. The van der Waals surface area contributed by atoms with Crippen LogP contribution < -0.4 is 0 Å². The molecule has 0 aromatic heterocycles. The molecule has 118 valence electrons. The quantitative estimate of drug-likeness (QED) is 0.191. The molecular weight excluding hydrogens is 286 g/mol. The Bertz CT molecular complexity index is 418. The minimum absolute atomic E-state index is 0.00797. The fraction of sp³-hybridized carbons (Fsp3) is 0.750. The van der Waals surface area contributed by atoms with E-state index in [-0.39, 0.29) is 13.0 Å². The summed E-state index contributed by atoms with van der Waals surface area (Å²) in [5.41, 5.74) is 0. The van der Waals surface area contributed by atoms with Crippen molar-refractivity contribution >= 4 is 16.1 Å². The highest BCUT2D eigenvalue weighted by molar-refractivity contribution is 7.85. The predicted octanol–water partition coefficient (Wildman–Crippen LogP) is -0.179. The number of quaternary nitrogens is 1. The van der Waals surface area contributed by atoms with E-state index in [0.29, 0.717) is 24.0 Å². The zero-order valence-electron chi connectivity index (χ0n) is 12.0. The molecule has 1 unspecified atom stereocenters. The second-order valence-electron chi connectivity index (χ2n) is 5.30. The molecule has 0 aliphatic rings. The van der Waals surface area contributed by atoms with Gasteiger partial charge >= 0.3 is 5.97 Å². The first-order valence-electron chi connectivity index (χ1n) is 6.30. The van der Waals surface area contributed by atoms with Crippen LogP contribution in [0.4, 0.5) is 0 Å². The highest BCUT2D eigenvalue weighted by Gasteiger charge is 2.21. The summed E-state index contributed by atoms with van der Waals surface area (Å²) in [6.07, 6.45) is 0.894. The number of hydrogen-bond donors (Lipinski definition) is 2. The molecule has 2 N–H and O–H groups in total. The maximum Gasteiger partial charge on any atom is 0.330 e. The van der Waals surface area contributed by atoms with E-state index in [1.807, 2.05) is 14.1 Å². The standard InChI is InChI=1S/C12H23NO6S/c1-4-12(15)19-8-5-7-13(2,3)10-11(14)6-9-20(16,17)18/h4,11,14H,1,5-10H2,2-3H3/p+1. The van der Waals surface area contributed by atoms with Crippen LogP contribution in [-0.2, 0) is 19.6 Å². The van der Waals surface area contributed by atoms with Crippen LogP contribution in [0.15, 0.2) is 12.7 Å². The average molecular weight is 310 g/mol. The van der Waals surface area contributed by atoms with Gasteiger partial charge in [0.15, 0.2) is 0 Å². The van der Waals surface area contributed by atoms with E-state index in [9.17, 15) is 18.3 Å². The molecule has 0 amide bonds. The van der Waals surface area contributed by atoms with E-state index in [0.717, 1.165) is 6.08 Å². The van der Waals surface area contributed by atoms with Crippen LogP contribution >= 0.6 is 0 Å². The highest BCUT2D eigenvalue weighted by Crippen LogP contribution is 2.06. The molecule has 20 heavy (non-hydrogen) atoms. The summed E-state index contributed by atoms with van der Waals surface area (Å²) >= 11 is 0. The molecular formula is C12H24NO6S+. The molecule has 0 aliphatic heterocycles. The Hall–Kier alpha value is -0.960. The summed E-state index contributed by atoms with van der Waals surface area (Å²) in [7, 11) is -0.280. The first-order chi connectivity index (χ1) is 9.06. The van der Waals surface area contributed by atoms with Crippen LogP contribution in [-0.4, -0.2) is 74.2 Å². The van der Waals surface area contributed by atoms with Gasteiger partial charge in [-0.3, -0.25) is 4.55 Å². The fourth-order valence-electron chi connectivity index (χ4n) is 1.76. The van der Waals surface area contributed by atoms with E-state index < -0.39 is 27.9 Å². The third-order valence-corrected chi connectivity index (χ3v) is 3.48. The van der Waals surface area contributed by atoms with Gasteiger partial charge in [0.05, 0.1) is 33.0 Å². The lowest BCUT2D eigenvalue weighted by atomic mass is 10.2. The van der Waals surface area contributed by atoms with E-state index in [1.165, 1.54) is 0 Å². The number of likely N-dealkylation sites (N-methyl/N-ethyl adjacent to an activating group) is 1. The van der Waals surface area contributed by atoms with Crippen molar-refractivity contribution in [3.05, 3.63) is 12.7 Å². The minimum Gasteiger partial charge on any atom is -0.462 e. The van der Waals surface area contributed by atoms with Gasteiger partial charge in [-0.1, -0.05) is 6.58 Å². The molecule has 0 spiro atoms. The summed E-state index contributed by atoms with van der Waals surface area (Å²) in [4.78, 5) is 10.8. The molecule has 0 radical (unpaired) electrons. The van der Waals surface area contributed by atoms with Crippen molar-refractivity contribution < 1.29 is 32.1 Å². The van der Waals surface area contributed by atoms with Gasteiger partial charge in [0.2, 0.25) is 0 Å². The second-order valence-corrected chi connectivity index (χ2v) is 6.87. The molecule has 0 aromatic carbocycles. The molecule has 0 aliphatic carbocycles. The Morgan fingerprint density at radius 3 is 2.55 bits per heavy atom. The molecule has 0 rings (SSSR count). The molecule has 0 saturated heterocycles. The van der Waals surface area contributed by atoms with Crippen molar-refractivity contribution in [2.45, 2.75) is 18.9 Å². The van der Waals surface area contributed by atoms with Crippen molar-refractivity contribution in [3.63, 3.8) is 0 Å². The number of ether oxygens (including phenoxy) is 1. The summed E-state index contributed by atoms with van der Waals surface area (Å²) in [6.45, 7) is 4.57. The van der Waals surface area contributed by atoms with E-state index in [2.05, 4.69) is 6.58 Å². The van der Waals surface area contributed by atoms with Gasteiger partial charge in [0.25, 0.3) is 10.1 Å². The Labute approximate surface area is 120 Å². The first kappa shape index (κ1) is 19.0. The number of rotatable bonds is 10. The van der Waals surface area contributed by atoms with E-state index in [1.54, 1.807) is 0 Å². The average Bonchev–Trinajstić information content (AvgIpc) is 2.30. The third kappa shape index (κ3) is 10.9. The largest absolute Gasteiger partial charge is 0.462 e. The summed E-state index contributed by atoms with van der Waals surface area (Å²) in [5.74, 6) is -0.922.